The smallest absolute Gasteiger partial charge is 0.267 e. The van der Waals surface area contributed by atoms with Crippen molar-refractivity contribution in [3.8, 4) is 5.75 Å². The monoisotopic (exact) mass is 592 g/mol. The summed E-state index contributed by atoms with van der Waals surface area (Å²) in [7, 11) is 5.24. The van der Waals surface area contributed by atoms with E-state index in [1.165, 1.54) is 36.8 Å². The molecule has 4 rings (SSSR count). The molecule has 38 heavy (non-hydrogen) atoms. The second kappa shape index (κ2) is 11.6. The maximum atomic E-state index is 13.3. The Labute approximate surface area is 238 Å². The lowest BCUT2D eigenvalue weighted by Gasteiger charge is -2.15. The molecular weight excluding hydrogens is 571 g/mol. The zero-order chi connectivity index (χ0) is 27.6. The normalized spacial score (nSPS) is 10.8. The molecule has 2 N–H and O–H groups in total. The fraction of sp³-hybridized carbons (Fsp3) is 0.200. The summed E-state index contributed by atoms with van der Waals surface area (Å²) in [5, 5.41) is 12.8. The second-order valence-corrected chi connectivity index (χ2v) is 10.5. The van der Waals surface area contributed by atoms with Crippen molar-refractivity contribution in [2.45, 2.75) is 13.5 Å². The summed E-state index contributed by atoms with van der Waals surface area (Å²) in [5.74, 6) is 0.238. The van der Waals surface area contributed by atoms with Crippen molar-refractivity contribution in [2.24, 2.45) is 0 Å². The van der Waals surface area contributed by atoms with E-state index < -0.39 is 11.8 Å². The van der Waals surface area contributed by atoms with Crippen LogP contribution in [0.2, 0.25) is 15.1 Å². The van der Waals surface area contributed by atoms with Crippen LogP contribution in [-0.4, -0.2) is 47.8 Å². The fourth-order valence-electron chi connectivity index (χ4n) is 3.53. The van der Waals surface area contributed by atoms with Gasteiger partial charge in [-0.25, -0.2) is 4.98 Å². The first-order chi connectivity index (χ1) is 18.1. The van der Waals surface area contributed by atoms with E-state index in [2.05, 4.69) is 20.7 Å². The minimum Gasteiger partial charge on any atom is -0.494 e. The van der Waals surface area contributed by atoms with Gasteiger partial charge in [-0.05, 0) is 30.5 Å². The molecule has 0 bridgehead atoms. The second-order valence-electron chi connectivity index (χ2n) is 8.40. The first-order valence-corrected chi connectivity index (χ1v) is 13.2. The minimum atomic E-state index is -0.556. The molecule has 9 nitrogen and oxygen atoms in total. The Bertz CT molecular complexity index is 1500. The Kier molecular flexibility index (Phi) is 8.47. The number of benzene rings is 1. The van der Waals surface area contributed by atoms with Gasteiger partial charge in [0.2, 0.25) is 0 Å². The lowest BCUT2D eigenvalue weighted by molar-refractivity contribution is 0.102. The van der Waals surface area contributed by atoms with Gasteiger partial charge < -0.3 is 20.3 Å². The van der Waals surface area contributed by atoms with Gasteiger partial charge in [-0.1, -0.05) is 34.8 Å². The lowest BCUT2D eigenvalue weighted by Crippen LogP contribution is -2.19. The number of nitrogens with zero attached hydrogens (tertiary/aromatic N) is 4. The number of carbonyl (C=O) groups is 2. The van der Waals surface area contributed by atoms with E-state index in [-0.39, 0.29) is 32.7 Å². The number of nitrogens with one attached hydrogen (secondary N) is 2. The standard InChI is InChI=1S/C25H23Cl3N6O3S/c1-13-7-20(33(2)3)32-34(13)11-14-12-38-23(21(14)28)25(36)31-22-17(8-16(27)9-18(22)37-4)24(35)30-19-6-5-15(26)10-29-19/h5-10,12H,11H2,1-4H3,(H,31,36)(H,29,30,35). The predicted molar refractivity (Wildman–Crippen MR) is 153 cm³/mol. The third-order valence-corrected chi connectivity index (χ3v) is 7.51. The summed E-state index contributed by atoms with van der Waals surface area (Å²) < 4.78 is 7.23. The molecule has 3 heterocycles. The molecule has 0 unspecified atom stereocenters. The molecule has 0 saturated heterocycles. The van der Waals surface area contributed by atoms with Crippen molar-refractivity contribution in [3.05, 3.63) is 78.7 Å². The van der Waals surface area contributed by atoms with Gasteiger partial charge >= 0.3 is 0 Å². The van der Waals surface area contributed by atoms with Crippen molar-refractivity contribution >= 4 is 75.3 Å². The number of anilines is 3. The van der Waals surface area contributed by atoms with Crippen LogP contribution in [0.15, 0.2) is 41.9 Å². The van der Waals surface area contributed by atoms with Crippen LogP contribution in [0.5, 0.6) is 5.75 Å². The molecule has 0 aliphatic rings. The van der Waals surface area contributed by atoms with Crippen LogP contribution in [0.25, 0.3) is 0 Å². The highest BCUT2D eigenvalue weighted by Gasteiger charge is 2.24. The summed E-state index contributed by atoms with van der Waals surface area (Å²) in [6, 6.07) is 8.03. The van der Waals surface area contributed by atoms with Crippen molar-refractivity contribution in [1.29, 1.82) is 0 Å². The lowest BCUT2D eigenvalue weighted by atomic mass is 10.1. The summed E-state index contributed by atoms with van der Waals surface area (Å²) in [4.78, 5) is 32.7. The number of amides is 2. The van der Waals surface area contributed by atoms with Crippen molar-refractivity contribution in [1.82, 2.24) is 14.8 Å². The van der Waals surface area contributed by atoms with Gasteiger partial charge in [0, 0.05) is 48.7 Å². The largest absolute Gasteiger partial charge is 0.494 e. The number of ether oxygens (including phenoxy) is 1. The number of rotatable bonds is 8. The number of hydrogen-bond donors (Lipinski definition) is 2. The first kappa shape index (κ1) is 27.7. The van der Waals surface area contributed by atoms with E-state index in [1.807, 2.05) is 42.0 Å². The quantitative estimate of drug-likeness (QED) is 0.251. The minimum absolute atomic E-state index is 0.0794. The number of aromatic nitrogens is 3. The SMILES string of the molecule is COc1cc(Cl)cc(C(=O)Nc2ccc(Cl)cn2)c1NC(=O)c1scc(Cn2nc(N(C)C)cc2C)c1Cl. The Morgan fingerprint density at radius 3 is 2.47 bits per heavy atom. The molecule has 0 radical (unpaired) electrons. The number of aryl methyl sites for hydroxylation is 1. The molecule has 0 saturated carbocycles. The first-order valence-electron chi connectivity index (χ1n) is 11.2. The molecule has 2 amide bonds. The van der Waals surface area contributed by atoms with Gasteiger partial charge in [0.05, 0.1) is 35.0 Å². The van der Waals surface area contributed by atoms with E-state index in [0.29, 0.717) is 16.6 Å². The van der Waals surface area contributed by atoms with Crippen LogP contribution in [0.4, 0.5) is 17.3 Å². The number of carbonyl (C=O) groups excluding carboxylic acids is 2. The van der Waals surface area contributed by atoms with Gasteiger partial charge in [-0.3, -0.25) is 14.3 Å². The topological polar surface area (TPSA) is 101 Å². The molecule has 13 heteroatoms. The van der Waals surface area contributed by atoms with Gasteiger partial charge in [-0.2, -0.15) is 5.10 Å². The van der Waals surface area contributed by atoms with E-state index in [9.17, 15) is 9.59 Å². The van der Waals surface area contributed by atoms with Gasteiger partial charge in [-0.15, -0.1) is 11.3 Å². The Morgan fingerprint density at radius 2 is 1.84 bits per heavy atom. The van der Waals surface area contributed by atoms with E-state index in [0.717, 1.165) is 17.1 Å². The van der Waals surface area contributed by atoms with Crippen LogP contribution in [0, 0.1) is 6.92 Å². The molecule has 3 aromatic heterocycles. The number of methoxy groups -OCH3 is 1. The number of pyridine rings is 1. The van der Waals surface area contributed by atoms with Crippen molar-refractivity contribution in [3.63, 3.8) is 0 Å². The molecule has 0 aliphatic heterocycles. The molecule has 0 fully saturated rings. The van der Waals surface area contributed by atoms with E-state index in [1.54, 1.807) is 12.1 Å². The third kappa shape index (κ3) is 6.05. The average Bonchev–Trinajstić information content (AvgIpc) is 3.43. The van der Waals surface area contributed by atoms with Gasteiger partial charge in [0.1, 0.15) is 22.3 Å². The molecule has 198 valence electrons. The Balaban J connectivity index is 1.60. The number of hydrogen-bond acceptors (Lipinski definition) is 7. The van der Waals surface area contributed by atoms with Crippen LogP contribution in [0.3, 0.4) is 0 Å². The summed E-state index contributed by atoms with van der Waals surface area (Å²) in [6.45, 7) is 2.35. The average molecular weight is 594 g/mol. The van der Waals surface area contributed by atoms with Crippen molar-refractivity contribution < 1.29 is 14.3 Å². The number of halogens is 3. The van der Waals surface area contributed by atoms with Crippen LogP contribution in [-0.2, 0) is 6.54 Å². The van der Waals surface area contributed by atoms with Crippen LogP contribution >= 0.6 is 46.1 Å². The molecule has 4 aromatic rings. The zero-order valence-corrected chi connectivity index (χ0v) is 23.9. The molecule has 0 spiro atoms. The summed E-state index contributed by atoms with van der Waals surface area (Å²) >= 11 is 19.9. The van der Waals surface area contributed by atoms with Crippen molar-refractivity contribution in [2.75, 3.05) is 36.7 Å². The van der Waals surface area contributed by atoms with E-state index >= 15 is 0 Å². The van der Waals surface area contributed by atoms with Gasteiger partial charge in [0.25, 0.3) is 11.8 Å². The van der Waals surface area contributed by atoms with Crippen LogP contribution in [0.1, 0.15) is 31.3 Å². The highest BCUT2D eigenvalue weighted by molar-refractivity contribution is 7.13. The Morgan fingerprint density at radius 1 is 1.08 bits per heavy atom. The summed E-state index contributed by atoms with van der Waals surface area (Å²) in [6.07, 6.45) is 1.40. The molecule has 0 atom stereocenters. The third-order valence-electron chi connectivity index (χ3n) is 5.49. The van der Waals surface area contributed by atoms with Crippen LogP contribution < -0.4 is 20.3 Å². The highest BCUT2D eigenvalue weighted by Crippen LogP contribution is 2.35. The summed E-state index contributed by atoms with van der Waals surface area (Å²) in [5.41, 5.74) is 1.92. The Hall–Kier alpha value is -3.31. The predicted octanol–water partition coefficient (Wildman–Crippen LogP) is 6.24. The van der Waals surface area contributed by atoms with E-state index in [4.69, 9.17) is 39.5 Å². The molecule has 0 aliphatic carbocycles. The van der Waals surface area contributed by atoms with Gasteiger partial charge in [0.15, 0.2) is 0 Å². The maximum absolute atomic E-state index is 13.3. The highest BCUT2D eigenvalue weighted by atomic mass is 35.5. The zero-order valence-electron chi connectivity index (χ0n) is 20.8. The molecular formula is C25H23Cl3N6O3S. The number of thiophene rings is 1. The maximum Gasteiger partial charge on any atom is 0.267 e. The fourth-order valence-corrected chi connectivity index (χ4v) is 5.09. The molecule has 1 aromatic carbocycles.